The number of halogens is 3. The van der Waals surface area contributed by atoms with Crippen LogP contribution in [0, 0.1) is 0 Å². The van der Waals surface area contributed by atoms with Gasteiger partial charge in [-0.25, -0.2) is 9.97 Å². The van der Waals surface area contributed by atoms with Crippen molar-refractivity contribution in [2.24, 2.45) is 5.10 Å². The van der Waals surface area contributed by atoms with Crippen LogP contribution in [0.3, 0.4) is 0 Å². The van der Waals surface area contributed by atoms with Gasteiger partial charge in [-0.2, -0.15) is 5.10 Å². The number of allylic oxidation sites excluding steroid dienone is 2. The highest BCUT2D eigenvalue weighted by Crippen LogP contribution is 2.21. The molecule has 1 aromatic heterocycles. The number of hydrogen-bond acceptors (Lipinski definition) is 4. The highest BCUT2D eigenvalue weighted by molar-refractivity contribution is 6.38. The first kappa shape index (κ1) is 12.4. The fourth-order valence-corrected chi connectivity index (χ4v) is 1.91. The Kier molecular flexibility index (Phi) is 3.99. The average molecular weight is 290 g/mol. The highest BCUT2D eigenvalue weighted by Gasteiger charge is 2.09. The Labute approximate surface area is 113 Å². The summed E-state index contributed by atoms with van der Waals surface area (Å²) in [5.74, 6) is 0. The molecule has 0 radical (unpaired) electrons. The van der Waals surface area contributed by atoms with E-state index in [-0.39, 0.29) is 15.6 Å². The molecule has 2 heterocycles. The SMILES string of the molecule is Clc1nc(Cl)c(/C=N\N2C=CC=CC2)c(Cl)n1. The Morgan fingerprint density at radius 1 is 1.18 bits per heavy atom. The Morgan fingerprint density at radius 3 is 2.47 bits per heavy atom. The molecule has 2 rings (SSSR count). The topological polar surface area (TPSA) is 41.4 Å². The van der Waals surface area contributed by atoms with Crippen LogP contribution >= 0.6 is 34.8 Å². The van der Waals surface area contributed by atoms with Crippen LogP contribution in [0.5, 0.6) is 0 Å². The van der Waals surface area contributed by atoms with Gasteiger partial charge in [0.2, 0.25) is 5.28 Å². The van der Waals surface area contributed by atoms with Crippen molar-refractivity contribution in [2.75, 3.05) is 6.54 Å². The van der Waals surface area contributed by atoms with E-state index in [0.717, 1.165) is 0 Å². The predicted molar refractivity (Wildman–Crippen MR) is 69.6 cm³/mol. The van der Waals surface area contributed by atoms with Crippen molar-refractivity contribution in [2.45, 2.75) is 0 Å². The first-order valence-corrected chi connectivity index (χ1v) is 5.82. The zero-order chi connectivity index (χ0) is 12.3. The van der Waals surface area contributed by atoms with E-state index in [2.05, 4.69) is 15.1 Å². The minimum absolute atomic E-state index is 0.0120. The lowest BCUT2D eigenvalue weighted by atomic mass is 10.4. The van der Waals surface area contributed by atoms with Gasteiger partial charge in [0.25, 0.3) is 0 Å². The second-order valence-corrected chi connectivity index (χ2v) is 4.18. The molecule has 0 aromatic carbocycles. The van der Waals surface area contributed by atoms with E-state index in [1.54, 1.807) is 5.01 Å². The van der Waals surface area contributed by atoms with Gasteiger partial charge in [-0.05, 0) is 17.7 Å². The molecule has 4 nitrogen and oxygen atoms in total. The van der Waals surface area contributed by atoms with Gasteiger partial charge in [-0.1, -0.05) is 35.4 Å². The molecule has 0 unspecified atom stereocenters. The van der Waals surface area contributed by atoms with E-state index >= 15 is 0 Å². The zero-order valence-electron chi connectivity index (χ0n) is 8.52. The Morgan fingerprint density at radius 2 is 1.88 bits per heavy atom. The lowest BCUT2D eigenvalue weighted by Crippen LogP contribution is -2.12. The summed E-state index contributed by atoms with van der Waals surface area (Å²) in [6.45, 7) is 0.691. The van der Waals surface area contributed by atoms with E-state index in [0.29, 0.717) is 12.1 Å². The molecule has 0 amide bonds. The van der Waals surface area contributed by atoms with Gasteiger partial charge < -0.3 is 0 Å². The fourth-order valence-electron chi connectivity index (χ4n) is 1.17. The molecule has 0 bridgehead atoms. The normalized spacial score (nSPS) is 14.9. The smallest absolute Gasteiger partial charge is 0.225 e. The molecule has 1 aliphatic heterocycles. The molecule has 0 saturated carbocycles. The second-order valence-electron chi connectivity index (χ2n) is 3.12. The van der Waals surface area contributed by atoms with Gasteiger partial charge >= 0.3 is 0 Å². The standard InChI is InChI=1S/C10H7Cl3N4/c11-8-7(9(12)16-10(13)15-8)6-14-17-4-2-1-3-5-17/h1-4,6H,5H2/b14-6-. The van der Waals surface area contributed by atoms with E-state index in [4.69, 9.17) is 34.8 Å². The maximum absolute atomic E-state index is 5.89. The number of hydrogen-bond donors (Lipinski definition) is 0. The molecule has 88 valence electrons. The molecule has 1 aliphatic rings. The summed E-state index contributed by atoms with van der Waals surface area (Å²) in [5.41, 5.74) is 0.445. The van der Waals surface area contributed by atoms with Gasteiger partial charge in [-0.3, -0.25) is 5.01 Å². The zero-order valence-corrected chi connectivity index (χ0v) is 10.8. The molecular weight excluding hydrogens is 282 g/mol. The van der Waals surface area contributed by atoms with Gasteiger partial charge in [0, 0.05) is 6.20 Å². The van der Waals surface area contributed by atoms with Crippen molar-refractivity contribution in [3.8, 4) is 0 Å². The van der Waals surface area contributed by atoms with Crippen molar-refractivity contribution in [1.82, 2.24) is 15.0 Å². The van der Waals surface area contributed by atoms with Crippen LogP contribution in [0.15, 0.2) is 29.5 Å². The van der Waals surface area contributed by atoms with Crippen LogP contribution < -0.4 is 0 Å². The summed E-state index contributed by atoms with van der Waals surface area (Å²) in [6, 6.07) is 0. The fraction of sp³-hybridized carbons (Fsp3) is 0.100. The molecule has 0 N–H and O–H groups in total. The Hall–Kier alpha value is -1.10. The third kappa shape index (κ3) is 3.19. The highest BCUT2D eigenvalue weighted by atomic mass is 35.5. The average Bonchev–Trinajstić information content (AvgIpc) is 2.29. The summed E-state index contributed by atoms with van der Waals surface area (Å²) in [6.07, 6.45) is 9.12. The van der Waals surface area contributed by atoms with E-state index in [1.807, 2.05) is 24.4 Å². The molecule has 1 aromatic rings. The molecule has 0 saturated heterocycles. The Bertz CT molecular complexity index is 487. The number of rotatable bonds is 2. The third-order valence-electron chi connectivity index (χ3n) is 1.96. The number of hydrazone groups is 1. The van der Waals surface area contributed by atoms with Crippen LogP contribution in [-0.4, -0.2) is 27.7 Å². The van der Waals surface area contributed by atoms with Crippen molar-refractivity contribution < 1.29 is 0 Å². The van der Waals surface area contributed by atoms with Crippen molar-refractivity contribution in [3.05, 3.63) is 45.6 Å². The van der Waals surface area contributed by atoms with Crippen molar-refractivity contribution in [3.63, 3.8) is 0 Å². The van der Waals surface area contributed by atoms with Crippen LogP contribution in [0.2, 0.25) is 15.6 Å². The predicted octanol–water partition coefficient (Wildman–Crippen LogP) is 3.16. The van der Waals surface area contributed by atoms with Gasteiger partial charge in [0.05, 0.1) is 18.3 Å². The number of aromatic nitrogens is 2. The van der Waals surface area contributed by atoms with Crippen LogP contribution in [0.25, 0.3) is 0 Å². The summed E-state index contributed by atoms with van der Waals surface area (Å²) in [7, 11) is 0. The summed E-state index contributed by atoms with van der Waals surface area (Å²) in [5, 5.41) is 6.27. The van der Waals surface area contributed by atoms with Gasteiger partial charge in [0.15, 0.2) is 0 Å². The molecule has 7 heteroatoms. The maximum atomic E-state index is 5.89. The van der Waals surface area contributed by atoms with Crippen LogP contribution in [-0.2, 0) is 0 Å². The summed E-state index contributed by atoms with van der Waals surface area (Å²) in [4.78, 5) is 7.58. The van der Waals surface area contributed by atoms with E-state index in [9.17, 15) is 0 Å². The monoisotopic (exact) mass is 288 g/mol. The second kappa shape index (κ2) is 5.49. The lowest BCUT2D eigenvalue weighted by Gasteiger charge is -2.13. The first-order valence-electron chi connectivity index (χ1n) is 4.69. The van der Waals surface area contributed by atoms with Gasteiger partial charge in [-0.15, -0.1) is 0 Å². The van der Waals surface area contributed by atoms with Crippen LogP contribution in [0.4, 0.5) is 0 Å². The third-order valence-corrected chi connectivity index (χ3v) is 2.70. The molecule has 0 fully saturated rings. The quantitative estimate of drug-likeness (QED) is 0.477. The Balaban J connectivity index is 2.21. The van der Waals surface area contributed by atoms with Crippen molar-refractivity contribution in [1.29, 1.82) is 0 Å². The lowest BCUT2D eigenvalue weighted by molar-refractivity contribution is 0.442. The van der Waals surface area contributed by atoms with Gasteiger partial charge in [0.1, 0.15) is 10.3 Å². The summed E-state index contributed by atoms with van der Waals surface area (Å²) < 4.78 is 0. The first-order chi connectivity index (χ1) is 8.16. The maximum Gasteiger partial charge on any atom is 0.225 e. The minimum atomic E-state index is 0.0120. The van der Waals surface area contributed by atoms with E-state index in [1.165, 1.54) is 6.21 Å². The summed E-state index contributed by atoms with van der Waals surface area (Å²) >= 11 is 17.4. The molecule has 0 spiro atoms. The molecule has 17 heavy (non-hydrogen) atoms. The molecular formula is C10H7Cl3N4. The minimum Gasteiger partial charge on any atom is -0.269 e. The number of nitrogens with zero attached hydrogens (tertiary/aromatic N) is 4. The molecule has 0 aliphatic carbocycles. The largest absolute Gasteiger partial charge is 0.269 e. The van der Waals surface area contributed by atoms with Crippen LogP contribution in [0.1, 0.15) is 5.56 Å². The molecule has 0 atom stereocenters. The van der Waals surface area contributed by atoms with Crippen molar-refractivity contribution >= 4 is 41.0 Å². The van der Waals surface area contributed by atoms with E-state index < -0.39 is 0 Å².